The molecule has 6 nitrogen and oxygen atoms in total. The van der Waals surface area contributed by atoms with E-state index in [1.807, 2.05) is 30.3 Å². The molecule has 0 aliphatic rings. The third-order valence-electron chi connectivity index (χ3n) is 3.11. The van der Waals surface area contributed by atoms with Crippen LogP contribution in [0.4, 0.5) is 0 Å². The molecule has 3 rings (SSSR count). The van der Waals surface area contributed by atoms with Gasteiger partial charge < -0.3 is 18.9 Å². The molecule has 6 heteroatoms. The maximum atomic E-state index is 5.75. The van der Waals surface area contributed by atoms with Crippen LogP contribution in [0.1, 0.15) is 0 Å². The molecule has 3 aromatic rings. The Bertz CT molecular complexity index is 787. The predicted octanol–water partition coefficient (Wildman–Crippen LogP) is 4.08. The number of aromatic nitrogens is 2. The van der Waals surface area contributed by atoms with Crippen LogP contribution in [-0.2, 0) is 0 Å². The molecule has 1 heterocycles. The Hall–Kier alpha value is -3.28. The number of rotatable bonds is 6. The number of nitrogens with zero attached hydrogens (tertiary/aromatic N) is 2. The number of hydrogen-bond acceptors (Lipinski definition) is 6. The topological polar surface area (TPSA) is 62.7 Å². The van der Waals surface area contributed by atoms with Crippen LogP contribution in [0.25, 0.3) is 0 Å². The van der Waals surface area contributed by atoms with Gasteiger partial charge >= 0.3 is 6.01 Å². The van der Waals surface area contributed by atoms with Crippen molar-refractivity contribution in [2.75, 3.05) is 14.2 Å². The summed E-state index contributed by atoms with van der Waals surface area (Å²) in [6, 6.07) is 16.4. The fourth-order valence-electron chi connectivity index (χ4n) is 1.99. The summed E-state index contributed by atoms with van der Waals surface area (Å²) in [5.41, 5.74) is 0. The first-order chi connectivity index (χ1) is 11.8. The average Bonchev–Trinajstić information content (AvgIpc) is 2.62. The van der Waals surface area contributed by atoms with E-state index in [2.05, 4.69) is 9.97 Å². The fraction of sp³-hybridized carbons (Fsp3) is 0.111. The van der Waals surface area contributed by atoms with Gasteiger partial charge in [-0.1, -0.05) is 18.2 Å². The van der Waals surface area contributed by atoms with Crippen molar-refractivity contribution >= 4 is 0 Å². The second-order valence-electron chi connectivity index (χ2n) is 4.74. The van der Waals surface area contributed by atoms with E-state index in [9.17, 15) is 0 Å². The van der Waals surface area contributed by atoms with Crippen molar-refractivity contribution in [3.63, 3.8) is 0 Å². The molecule has 0 aliphatic carbocycles. The van der Waals surface area contributed by atoms with Gasteiger partial charge in [0, 0.05) is 30.5 Å². The van der Waals surface area contributed by atoms with Crippen LogP contribution >= 0.6 is 0 Å². The zero-order valence-corrected chi connectivity index (χ0v) is 13.3. The summed E-state index contributed by atoms with van der Waals surface area (Å²) in [6.45, 7) is 0. The van der Waals surface area contributed by atoms with Crippen LogP contribution in [0.3, 0.4) is 0 Å². The molecular formula is C18H16N2O4. The van der Waals surface area contributed by atoms with Crippen LogP contribution in [0.5, 0.6) is 34.9 Å². The standard InChI is InChI=1S/C18H16N2O4/c1-21-14-10-15(22-2)12-16(11-14)23-17-8-9-19-18(20-17)24-13-6-4-3-5-7-13/h3-12H,1-2H3. The highest BCUT2D eigenvalue weighted by Crippen LogP contribution is 2.30. The molecule has 0 aliphatic heterocycles. The average molecular weight is 324 g/mol. The van der Waals surface area contributed by atoms with Crippen molar-refractivity contribution < 1.29 is 18.9 Å². The van der Waals surface area contributed by atoms with Gasteiger partial charge in [-0.15, -0.1) is 0 Å². The van der Waals surface area contributed by atoms with Crippen LogP contribution < -0.4 is 18.9 Å². The Morgan fingerprint density at radius 1 is 0.708 bits per heavy atom. The minimum absolute atomic E-state index is 0.202. The van der Waals surface area contributed by atoms with Gasteiger partial charge in [0.05, 0.1) is 14.2 Å². The lowest BCUT2D eigenvalue weighted by atomic mass is 10.3. The highest BCUT2D eigenvalue weighted by atomic mass is 16.5. The zero-order chi connectivity index (χ0) is 16.8. The second kappa shape index (κ2) is 7.32. The SMILES string of the molecule is COc1cc(OC)cc(Oc2ccnc(Oc3ccccc3)n2)c1. The number of methoxy groups -OCH3 is 2. The molecule has 0 spiro atoms. The number of benzene rings is 2. The Kier molecular flexibility index (Phi) is 4.76. The van der Waals surface area contributed by atoms with Gasteiger partial charge in [-0.2, -0.15) is 4.98 Å². The Morgan fingerprint density at radius 3 is 2.04 bits per heavy atom. The molecule has 0 N–H and O–H groups in total. The fourth-order valence-corrected chi connectivity index (χ4v) is 1.99. The molecule has 24 heavy (non-hydrogen) atoms. The molecule has 0 bridgehead atoms. The molecule has 0 amide bonds. The van der Waals surface area contributed by atoms with Gasteiger partial charge in [-0.05, 0) is 12.1 Å². The first kappa shape index (κ1) is 15.6. The van der Waals surface area contributed by atoms with Crippen LogP contribution in [0.2, 0.25) is 0 Å². The van der Waals surface area contributed by atoms with E-state index < -0.39 is 0 Å². The maximum absolute atomic E-state index is 5.75. The molecule has 122 valence electrons. The lowest BCUT2D eigenvalue weighted by molar-refractivity contribution is 0.381. The lowest BCUT2D eigenvalue weighted by Gasteiger charge is -2.10. The maximum Gasteiger partial charge on any atom is 0.325 e. The summed E-state index contributed by atoms with van der Waals surface area (Å²) in [7, 11) is 3.16. The molecule has 0 saturated carbocycles. The molecule has 2 aromatic carbocycles. The van der Waals surface area contributed by atoms with Gasteiger partial charge in [0.25, 0.3) is 0 Å². The van der Waals surface area contributed by atoms with Gasteiger partial charge in [-0.25, -0.2) is 4.98 Å². The molecule has 0 atom stereocenters. The Labute approximate surface area is 139 Å². The summed E-state index contributed by atoms with van der Waals surface area (Å²) in [4.78, 5) is 8.32. The van der Waals surface area contributed by atoms with Gasteiger partial charge in [0.2, 0.25) is 5.88 Å². The smallest absolute Gasteiger partial charge is 0.325 e. The summed E-state index contributed by atoms with van der Waals surface area (Å²) in [5.74, 6) is 2.79. The van der Waals surface area contributed by atoms with Crippen molar-refractivity contribution in [2.24, 2.45) is 0 Å². The highest BCUT2D eigenvalue weighted by molar-refractivity contribution is 5.43. The van der Waals surface area contributed by atoms with E-state index in [-0.39, 0.29) is 6.01 Å². The van der Waals surface area contributed by atoms with Crippen LogP contribution in [0, 0.1) is 0 Å². The van der Waals surface area contributed by atoms with Crippen molar-refractivity contribution in [1.29, 1.82) is 0 Å². The first-order valence-electron chi connectivity index (χ1n) is 7.24. The van der Waals surface area contributed by atoms with E-state index >= 15 is 0 Å². The second-order valence-corrected chi connectivity index (χ2v) is 4.74. The van der Waals surface area contributed by atoms with Crippen molar-refractivity contribution in [2.45, 2.75) is 0 Å². The summed E-state index contributed by atoms with van der Waals surface area (Å²) >= 11 is 0. The molecule has 0 unspecified atom stereocenters. The minimum Gasteiger partial charge on any atom is -0.496 e. The summed E-state index contributed by atoms with van der Waals surface area (Å²) in [6.07, 6.45) is 1.57. The molecule has 0 fully saturated rings. The lowest BCUT2D eigenvalue weighted by Crippen LogP contribution is -1.95. The molecule has 0 saturated heterocycles. The minimum atomic E-state index is 0.202. The molecule has 0 radical (unpaired) electrons. The quantitative estimate of drug-likeness (QED) is 0.681. The Balaban J connectivity index is 1.79. The van der Waals surface area contributed by atoms with Crippen LogP contribution in [-0.4, -0.2) is 24.2 Å². The van der Waals surface area contributed by atoms with E-state index in [4.69, 9.17) is 18.9 Å². The summed E-state index contributed by atoms with van der Waals surface area (Å²) < 4.78 is 21.8. The van der Waals surface area contributed by atoms with Gasteiger partial charge in [0.15, 0.2) is 0 Å². The van der Waals surface area contributed by atoms with E-state index in [1.54, 1.807) is 44.7 Å². The molecule has 1 aromatic heterocycles. The largest absolute Gasteiger partial charge is 0.496 e. The normalized spacial score (nSPS) is 10.1. The van der Waals surface area contributed by atoms with E-state index in [0.717, 1.165) is 0 Å². The first-order valence-corrected chi connectivity index (χ1v) is 7.24. The zero-order valence-electron chi connectivity index (χ0n) is 13.3. The molecular weight excluding hydrogens is 308 g/mol. The number of hydrogen-bond donors (Lipinski definition) is 0. The predicted molar refractivity (Wildman–Crippen MR) is 88.2 cm³/mol. The number of para-hydroxylation sites is 1. The summed E-state index contributed by atoms with van der Waals surface area (Å²) in [5, 5.41) is 0. The van der Waals surface area contributed by atoms with E-state index in [0.29, 0.717) is 28.9 Å². The number of ether oxygens (including phenoxy) is 4. The third kappa shape index (κ3) is 3.92. The monoisotopic (exact) mass is 324 g/mol. The highest BCUT2D eigenvalue weighted by Gasteiger charge is 2.07. The van der Waals surface area contributed by atoms with E-state index in [1.165, 1.54) is 0 Å². The third-order valence-corrected chi connectivity index (χ3v) is 3.11. The van der Waals surface area contributed by atoms with Crippen molar-refractivity contribution in [3.8, 4) is 34.9 Å². The van der Waals surface area contributed by atoms with Gasteiger partial charge in [0.1, 0.15) is 23.0 Å². The van der Waals surface area contributed by atoms with Crippen molar-refractivity contribution in [3.05, 3.63) is 60.8 Å². The Morgan fingerprint density at radius 2 is 1.38 bits per heavy atom. The van der Waals surface area contributed by atoms with Gasteiger partial charge in [-0.3, -0.25) is 0 Å². The van der Waals surface area contributed by atoms with Crippen LogP contribution in [0.15, 0.2) is 60.8 Å². The van der Waals surface area contributed by atoms with Crippen molar-refractivity contribution in [1.82, 2.24) is 9.97 Å².